The first-order valence-corrected chi connectivity index (χ1v) is 8.27. The van der Waals surface area contributed by atoms with Crippen molar-refractivity contribution >= 4 is 17.2 Å². The summed E-state index contributed by atoms with van der Waals surface area (Å²) < 4.78 is 0. The fourth-order valence-electron chi connectivity index (χ4n) is 3.09. The molecule has 3 nitrogen and oxygen atoms in total. The molecule has 19 heavy (non-hydrogen) atoms. The van der Waals surface area contributed by atoms with E-state index in [1.165, 1.54) is 29.7 Å². The molecule has 1 aromatic rings. The van der Waals surface area contributed by atoms with Crippen LogP contribution in [0.15, 0.2) is 11.4 Å². The summed E-state index contributed by atoms with van der Waals surface area (Å²) in [5, 5.41) is 5.66. The number of thiophene rings is 1. The molecule has 104 valence electrons. The minimum Gasteiger partial charge on any atom is -0.338 e. The number of amides is 1. The second kappa shape index (κ2) is 6.06. The third-order valence-corrected chi connectivity index (χ3v) is 5.30. The summed E-state index contributed by atoms with van der Waals surface area (Å²) in [7, 11) is 0. The van der Waals surface area contributed by atoms with Crippen LogP contribution in [0.4, 0.5) is 0 Å². The molecule has 1 N–H and O–H groups in total. The van der Waals surface area contributed by atoms with Gasteiger partial charge in [0.25, 0.3) is 0 Å². The summed E-state index contributed by atoms with van der Waals surface area (Å²) >= 11 is 1.83. The summed E-state index contributed by atoms with van der Waals surface area (Å²) in [5.41, 5.74) is 1.36. The minimum absolute atomic E-state index is 0.337. The van der Waals surface area contributed by atoms with E-state index < -0.39 is 0 Å². The minimum atomic E-state index is 0.337. The zero-order valence-corrected chi connectivity index (χ0v) is 12.2. The summed E-state index contributed by atoms with van der Waals surface area (Å²) in [6.07, 6.45) is 6.59. The van der Waals surface area contributed by atoms with Gasteiger partial charge >= 0.3 is 0 Å². The van der Waals surface area contributed by atoms with Crippen molar-refractivity contribution in [3.8, 4) is 0 Å². The zero-order valence-electron chi connectivity index (χ0n) is 11.4. The van der Waals surface area contributed by atoms with Crippen molar-refractivity contribution < 1.29 is 4.79 Å². The van der Waals surface area contributed by atoms with Crippen LogP contribution in [0.25, 0.3) is 0 Å². The molecule has 4 heteroatoms. The lowest BCUT2D eigenvalue weighted by Gasteiger charge is -2.28. The quantitative estimate of drug-likeness (QED) is 0.921. The van der Waals surface area contributed by atoms with E-state index in [1.54, 1.807) is 0 Å². The largest absolute Gasteiger partial charge is 0.338 e. The van der Waals surface area contributed by atoms with Crippen LogP contribution in [0.3, 0.4) is 0 Å². The Morgan fingerprint density at radius 1 is 1.47 bits per heavy atom. The fourth-order valence-corrected chi connectivity index (χ4v) is 3.98. The van der Waals surface area contributed by atoms with Gasteiger partial charge in [0.05, 0.1) is 0 Å². The van der Waals surface area contributed by atoms with Crippen LogP contribution in [0.1, 0.15) is 42.5 Å². The van der Waals surface area contributed by atoms with Crippen LogP contribution >= 0.6 is 11.3 Å². The first-order valence-electron chi connectivity index (χ1n) is 7.39. The molecule has 0 spiro atoms. The van der Waals surface area contributed by atoms with Crippen LogP contribution in [0.5, 0.6) is 0 Å². The lowest BCUT2D eigenvalue weighted by Crippen LogP contribution is -2.38. The van der Waals surface area contributed by atoms with Crippen molar-refractivity contribution in [3.63, 3.8) is 0 Å². The molecular formula is C15H22N2OS. The maximum atomic E-state index is 12.3. The molecule has 1 amide bonds. The average molecular weight is 278 g/mol. The molecule has 0 radical (unpaired) electrons. The lowest BCUT2D eigenvalue weighted by molar-refractivity contribution is -0.132. The summed E-state index contributed by atoms with van der Waals surface area (Å²) in [6, 6.07) is 2.74. The van der Waals surface area contributed by atoms with Gasteiger partial charge in [0, 0.05) is 30.4 Å². The smallest absolute Gasteiger partial charge is 0.222 e. The Morgan fingerprint density at radius 2 is 2.42 bits per heavy atom. The van der Waals surface area contributed by atoms with Crippen molar-refractivity contribution in [2.45, 2.75) is 51.1 Å². The first-order chi connectivity index (χ1) is 9.33. The van der Waals surface area contributed by atoms with Crippen LogP contribution < -0.4 is 5.32 Å². The van der Waals surface area contributed by atoms with E-state index in [-0.39, 0.29) is 0 Å². The predicted molar refractivity (Wildman–Crippen MR) is 78.3 cm³/mol. The Balaban J connectivity index is 1.48. The molecule has 3 heterocycles. The standard InChI is InChI=1S/C15H22N2OS/c18-15(5-4-13-3-1-2-8-16-13)17-9-6-14-12(11-17)7-10-19-14/h7,10,13,16H,1-6,8-9,11H2. The van der Waals surface area contributed by atoms with Crippen LogP contribution in [0, 0.1) is 0 Å². The number of nitrogens with one attached hydrogen (secondary N) is 1. The van der Waals surface area contributed by atoms with Crippen LogP contribution in [-0.4, -0.2) is 29.9 Å². The highest BCUT2D eigenvalue weighted by Crippen LogP contribution is 2.24. The van der Waals surface area contributed by atoms with E-state index in [0.29, 0.717) is 18.4 Å². The van der Waals surface area contributed by atoms with Crippen molar-refractivity contribution in [2.75, 3.05) is 13.1 Å². The van der Waals surface area contributed by atoms with E-state index in [1.807, 2.05) is 16.2 Å². The number of fused-ring (bicyclic) bond motifs is 1. The van der Waals surface area contributed by atoms with Gasteiger partial charge in [-0.05, 0) is 49.2 Å². The van der Waals surface area contributed by atoms with Crippen molar-refractivity contribution in [3.05, 3.63) is 21.9 Å². The van der Waals surface area contributed by atoms with Crippen LogP contribution in [0.2, 0.25) is 0 Å². The molecule has 0 aromatic carbocycles. The Kier molecular flexibility index (Phi) is 4.18. The monoisotopic (exact) mass is 278 g/mol. The maximum Gasteiger partial charge on any atom is 0.222 e. The van der Waals surface area contributed by atoms with Gasteiger partial charge in [-0.15, -0.1) is 11.3 Å². The average Bonchev–Trinajstić information content (AvgIpc) is 2.93. The SMILES string of the molecule is O=C(CCC1CCCCN1)N1CCc2sccc2C1. The Bertz CT molecular complexity index is 437. The van der Waals surface area contributed by atoms with Gasteiger partial charge in [-0.1, -0.05) is 6.42 Å². The van der Waals surface area contributed by atoms with Crippen LogP contribution in [-0.2, 0) is 17.8 Å². The normalized spacial score (nSPS) is 23.2. The van der Waals surface area contributed by atoms with Gasteiger partial charge in [-0.25, -0.2) is 0 Å². The van der Waals surface area contributed by atoms with E-state index in [2.05, 4.69) is 16.8 Å². The molecule has 0 bridgehead atoms. The van der Waals surface area contributed by atoms with E-state index in [4.69, 9.17) is 0 Å². The highest BCUT2D eigenvalue weighted by Gasteiger charge is 2.22. The molecule has 1 saturated heterocycles. The molecule has 0 saturated carbocycles. The van der Waals surface area contributed by atoms with E-state index in [9.17, 15) is 4.79 Å². The number of piperidine rings is 1. The summed E-state index contributed by atoms with van der Waals surface area (Å²) in [5.74, 6) is 0.337. The topological polar surface area (TPSA) is 32.3 Å². The third-order valence-electron chi connectivity index (χ3n) is 4.28. The lowest BCUT2D eigenvalue weighted by atomic mass is 10.00. The van der Waals surface area contributed by atoms with Gasteiger partial charge < -0.3 is 10.2 Å². The molecule has 1 fully saturated rings. The molecule has 1 unspecified atom stereocenters. The second-order valence-corrected chi connectivity index (χ2v) is 6.62. The molecule has 0 aliphatic carbocycles. The summed E-state index contributed by atoms with van der Waals surface area (Å²) in [4.78, 5) is 15.8. The Hall–Kier alpha value is -0.870. The van der Waals surface area contributed by atoms with E-state index in [0.717, 1.165) is 32.5 Å². The number of nitrogens with zero attached hydrogens (tertiary/aromatic N) is 1. The van der Waals surface area contributed by atoms with Gasteiger partial charge in [0.15, 0.2) is 0 Å². The second-order valence-electron chi connectivity index (χ2n) is 5.62. The van der Waals surface area contributed by atoms with Crippen molar-refractivity contribution in [1.29, 1.82) is 0 Å². The molecule has 1 aromatic heterocycles. The highest BCUT2D eigenvalue weighted by molar-refractivity contribution is 7.10. The van der Waals surface area contributed by atoms with E-state index >= 15 is 0 Å². The fraction of sp³-hybridized carbons (Fsp3) is 0.667. The maximum absolute atomic E-state index is 12.3. The first kappa shape index (κ1) is 13.1. The zero-order chi connectivity index (χ0) is 13.1. The predicted octanol–water partition coefficient (Wildman–Crippen LogP) is 2.56. The Morgan fingerprint density at radius 3 is 3.26 bits per heavy atom. The number of hydrogen-bond acceptors (Lipinski definition) is 3. The van der Waals surface area contributed by atoms with Gasteiger partial charge in [0.1, 0.15) is 0 Å². The van der Waals surface area contributed by atoms with Crippen molar-refractivity contribution in [1.82, 2.24) is 10.2 Å². The number of hydrogen-bond donors (Lipinski definition) is 1. The molecule has 2 aliphatic rings. The summed E-state index contributed by atoms with van der Waals surface area (Å²) in [6.45, 7) is 2.86. The molecular weight excluding hydrogens is 256 g/mol. The van der Waals surface area contributed by atoms with Crippen molar-refractivity contribution in [2.24, 2.45) is 0 Å². The number of carbonyl (C=O) groups excluding carboxylic acids is 1. The van der Waals surface area contributed by atoms with Gasteiger partial charge in [-0.2, -0.15) is 0 Å². The van der Waals surface area contributed by atoms with Gasteiger partial charge in [-0.3, -0.25) is 4.79 Å². The molecule has 2 aliphatic heterocycles. The number of carbonyl (C=O) groups is 1. The highest BCUT2D eigenvalue weighted by atomic mass is 32.1. The molecule has 1 atom stereocenters. The Labute approximate surface area is 119 Å². The third kappa shape index (κ3) is 3.18. The number of rotatable bonds is 3. The van der Waals surface area contributed by atoms with Gasteiger partial charge in [0.2, 0.25) is 5.91 Å². The molecule has 3 rings (SSSR count).